The first-order valence-corrected chi connectivity index (χ1v) is 10.8. The molecule has 3 aromatic heterocycles. The molecule has 2 N–H and O–H groups in total. The van der Waals surface area contributed by atoms with Gasteiger partial charge in [0.2, 0.25) is 0 Å². The molecule has 0 atom stereocenters. The summed E-state index contributed by atoms with van der Waals surface area (Å²) in [6.07, 6.45) is 0. The van der Waals surface area contributed by atoms with Gasteiger partial charge in [0.05, 0.1) is 21.1 Å². The molecule has 0 spiro atoms. The summed E-state index contributed by atoms with van der Waals surface area (Å²) in [4.78, 5) is 2.54. The van der Waals surface area contributed by atoms with Crippen molar-refractivity contribution in [3.8, 4) is 38.0 Å². The zero-order valence-corrected chi connectivity index (χ0v) is 16.7. The normalized spacial score (nSPS) is 11.0. The van der Waals surface area contributed by atoms with Crippen molar-refractivity contribution in [1.29, 1.82) is 0 Å². The molecule has 0 aliphatic rings. The van der Waals surface area contributed by atoms with Gasteiger partial charge in [-0.05, 0) is 70.4 Å². The molecule has 0 bridgehead atoms. The van der Waals surface area contributed by atoms with Crippen LogP contribution in [0, 0.1) is 0 Å². The fourth-order valence-corrected chi connectivity index (χ4v) is 4.91. The fraction of sp³-hybridized carbons (Fsp3) is 0. The molecular weight excluding hydrogens is 380 g/mol. The lowest BCUT2D eigenvalue weighted by molar-refractivity contribution is 1.10. The van der Waals surface area contributed by atoms with E-state index in [2.05, 4.69) is 88.1 Å². The van der Waals surface area contributed by atoms with Gasteiger partial charge in [-0.15, -0.1) is 22.7 Å². The van der Waals surface area contributed by atoms with Crippen LogP contribution in [-0.2, 0) is 0 Å². The smallest absolute Gasteiger partial charge is 0.0635 e. The second-order valence-electron chi connectivity index (χ2n) is 6.56. The topological polar surface area (TPSA) is 30.9 Å². The maximum Gasteiger partial charge on any atom is 0.0635 e. The van der Waals surface area contributed by atoms with Gasteiger partial charge in [0.1, 0.15) is 0 Å². The SMILES string of the molecule is Nc1ccc(-c2ccc(-n3c(-c4cccs4)ccc3-c3cccs3)cc2)cc1. The molecule has 0 saturated carbocycles. The number of hydrogen-bond acceptors (Lipinski definition) is 3. The summed E-state index contributed by atoms with van der Waals surface area (Å²) in [7, 11) is 0. The van der Waals surface area contributed by atoms with Crippen molar-refractivity contribution < 1.29 is 0 Å². The molecular formula is C24H18N2S2. The van der Waals surface area contributed by atoms with Crippen molar-refractivity contribution in [3.63, 3.8) is 0 Å². The quantitative estimate of drug-likeness (QED) is 0.319. The maximum absolute atomic E-state index is 5.82. The van der Waals surface area contributed by atoms with Crippen LogP contribution in [0.25, 0.3) is 38.0 Å². The summed E-state index contributed by atoms with van der Waals surface area (Å²) in [5.74, 6) is 0. The lowest BCUT2D eigenvalue weighted by atomic mass is 10.0. The van der Waals surface area contributed by atoms with Gasteiger partial charge in [-0.1, -0.05) is 36.4 Å². The number of aromatic nitrogens is 1. The van der Waals surface area contributed by atoms with Crippen LogP contribution in [0.15, 0.2) is 95.7 Å². The Morgan fingerprint density at radius 1 is 0.571 bits per heavy atom. The summed E-state index contributed by atoms with van der Waals surface area (Å²) < 4.78 is 2.35. The molecule has 0 fully saturated rings. The summed E-state index contributed by atoms with van der Waals surface area (Å²) in [5, 5.41) is 4.25. The van der Waals surface area contributed by atoms with Crippen molar-refractivity contribution >= 4 is 28.4 Å². The molecule has 4 heteroatoms. The summed E-state index contributed by atoms with van der Waals surface area (Å²) in [6.45, 7) is 0. The number of nitrogens with two attached hydrogens (primary N) is 1. The largest absolute Gasteiger partial charge is 0.399 e. The zero-order chi connectivity index (χ0) is 18.9. The minimum atomic E-state index is 0.786. The molecule has 3 heterocycles. The summed E-state index contributed by atoms with van der Waals surface area (Å²) >= 11 is 3.54. The second kappa shape index (κ2) is 7.15. The van der Waals surface area contributed by atoms with Gasteiger partial charge in [0.25, 0.3) is 0 Å². The van der Waals surface area contributed by atoms with Crippen LogP contribution in [0.1, 0.15) is 0 Å². The zero-order valence-electron chi connectivity index (χ0n) is 15.1. The van der Waals surface area contributed by atoms with Gasteiger partial charge < -0.3 is 10.3 Å². The average molecular weight is 399 g/mol. The van der Waals surface area contributed by atoms with Crippen LogP contribution >= 0.6 is 22.7 Å². The Labute approximate surface area is 172 Å². The highest BCUT2D eigenvalue weighted by atomic mass is 32.1. The predicted octanol–water partition coefficient (Wildman–Crippen LogP) is 7.18. The van der Waals surface area contributed by atoms with Crippen LogP contribution < -0.4 is 5.73 Å². The van der Waals surface area contributed by atoms with Gasteiger partial charge in [0, 0.05) is 11.4 Å². The Bertz CT molecular complexity index is 1130. The minimum absolute atomic E-state index is 0.786. The molecule has 0 radical (unpaired) electrons. The van der Waals surface area contributed by atoms with E-state index in [4.69, 9.17) is 5.73 Å². The van der Waals surface area contributed by atoms with E-state index in [9.17, 15) is 0 Å². The van der Waals surface area contributed by atoms with E-state index in [-0.39, 0.29) is 0 Å². The van der Waals surface area contributed by atoms with Gasteiger partial charge in [-0.25, -0.2) is 0 Å². The lowest BCUT2D eigenvalue weighted by Crippen LogP contribution is -1.98. The Balaban J connectivity index is 1.62. The highest BCUT2D eigenvalue weighted by Crippen LogP contribution is 2.36. The van der Waals surface area contributed by atoms with Crippen molar-refractivity contribution in [2.45, 2.75) is 0 Å². The molecule has 2 nitrogen and oxygen atoms in total. The monoisotopic (exact) mass is 398 g/mol. The first-order chi connectivity index (χ1) is 13.8. The average Bonchev–Trinajstić information content (AvgIpc) is 3.49. The number of hydrogen-bond donors (Lipinski definition) is 1. The van der Waals surface area contributed by atoms with Crippen molar-refractivity contribution in [2.75, 3.05) is 5.73 Å². The summed E-state index contributed by atoms with van der Waals surface area (Å²) in [5.41, 5.74) is 12.6. The third-order valence-electron chi connectivity index (χ3n) is 4.80. The van der Waals surface area contributed by atoms with E-state index in [0.717, 1.165) is 11.4 Å². The van der Waals surface area contributed by atoms with E-state index in [1.54, 1.807) is 22.7 Å². The highest BCUT2D eigenvalue weighted by Gasteiger charge is 2.15. The second-order valence-corrected chi connectivity index (χ2v) is 8.46. The maximum atomic E-state index is 5.82. The fourth-order valence-electron chi connectivity index (χ4n) is 3.43. The lowest BCUT2D eigenvalue weighted by Gasteiger charge is -2.13. The van der Waals surface area contributed by atoms with E-state index in [1.807, 2.05) is 12.1 Å². The number of nitrogen functional groups attached to an aromatic ring is 1. The number of anilines is 1. The van der Waals surface area contributed by atoms with Crippen LogP contribution in [0.4, 0.5) is 5.69 Å². The third kappa shape index (κ3) is 3.07. The molecule has 0 amide bonds. The Hall–Kier alpha value is -3.08. The first kappa shape index (κ1) is 17.0. The molecule has 0 unspecified atom stereocenters. The molecule has 136 valence electrons. The van der Waals surface area contributed by atoms with Crippen molar-refractivity contribution in [1.82, 2.24) is 4.57 Å². The summed E-state index contributed by atoms with van der Waals surface area (Å²) in [6, 6.07) is 29.8. The Morgan fingerprint density at radius 3 is 1.54 bits per heavy atom. The van der Waals surface area contributed by atoms with Crippen LogP contribution in [0.2, 0.25) is 0 Å². The molecule has 0 aliphatic carbocycles. The molecule has 0 saturated heterocycles. The Morgan fingerprint density at radius 2 is 1.07 bits per heavy atom. The molecule has 0 aliphatic heterocycles. The Kier molecular flexibility index (Phi) is 4.35. The molecule has 2 aromatic carbocycles. The van der Waals surface area contributed by atoms with E-state index >= 15 is 0 Å². The van der Waals surface area contributed by atoms with E-state index in [1.165, 1.54) is 32.3 Å². The first-order valence-electron chi connectivity index (χ1n) is 9.05. The van der Waals surface area contributed by atoms with E-state index < -0.39 is 0 Å². The van der Waals surface area contributed by atoms with Crippen molar-refractivity contribution in [3.05, 3.63) is 95.7 Å². The van der Waals surface area contributed by atoms with Crippen LogP contribution in [0.5, 0.6) is 0 Å². The van der Waals surface area contributed by atoms with Crippen LogP contribution in [0.3, 0.4) is 0 Å². The molecule has 5 rings (SSSR count). The highest BCUT2D eigenvalue weighted by molar-refractivity contribution is 7.14. The van der Waals surface area contributed by atoms with Gasteiger partial charge in [0.15, 0.2) is 0 Å². The van der Waals surface area contributed by atoms with E-state index in [0.29, 0.717) is 0 Å². The minimum Gasteiger partial charge on any atom is -0.399 e. The number of rotatable bonds is 4. The molecule has 28 heavy (non-hydrogen) atoms. The van der Waals surface area contributed by atoms with Gasteiger partial charge in [-0.2, -0.15) is 0 Å². The number of benzene rings is 2. The number of nitrogens with zero attached hydrogens (tertiary/aromatic N) is 1. The number of thiophene rings is 2. The molecule has 5 aromatic rings. The van der Waals surface area contributed by atoms with Crippen molar-refractivity contribution in [2.24, 2.45) is 0 Å². The predicted molar refractivity (Wildman–Crippen MR) is 122 cm³/mol. The van der Waals surface area contributed by atoms with Crippen LogP contribution in [-0.4, -0.2) is 4.57 Å². The van der Waals surface area contributed by atoms with Gasteiger partial charge >= 0.3 is 0 Å². The standard InChI is InChI=1S/C24H18N2S2/c25-19-9-5-17(6-10-19)18-7-11-20(12-8-18)26-21(23-3-1-15-27-23)13-14-22(26)24-4-2-16-28-24/h1-16H,25H2. The van der Waals surface area contributed by atoms with Gasteiger partial charge in [-0.3, -0.25) is 0 Å². The third-order valence-corrected chi connectivity index (χ3v) is 6.58.